The van der Waals surface area contributed by atoms with Gasteiger partial charge in [-0.2, -0.15) is 0 Å². The molecule has 5 nitrogen and oxygen atoms in total. The fraction of sp³-hybridized carbons (Fsp3) is 0.294. The van der Waals surface area contributed by atoms with Crippen molar-refractivity contribution in [3.05, 3.63) is 58.9 Å². The summed E-state index contributed by atoms with van der Waals surface area (Å²) in [5.41, 5.74) is 3.36. The number of benzene rings is 1. The molecule has 2 aromatic rings. The summed E-state index contributed by atoms with van der Waals surface area (Å²) in [4.78, 5) is 16.0. The summed E-state index contributed by atoms with van der Waals surface area (Å²) in [6.07, 6.45) is 3.49. The molecule has 0 aliphatic heterocycles. The lowest BCUT2D eigenvalue weighted by Crippen LogP contribution is -2.26. The number of carbonyl (C=O) groups excluding carboxylic acids is 1. The van der Waals surface area contributed by atoms with Crippen LogP contribution in [0.5, 0.6) is 5.75 Å². The minimum atomic E-state index is -0.195. The average Bonchev–Trinajstić information content (AvgIpc) is 2.52. The molecule has 116 valence electrons. The molecule has 0 radical (unpaired) electrons. The number of rotatable bonds is 6. The lowest BCUT2D eigenvalue weighted by molar-refractivity contribution is 0.0944. The van der Waals surface area contributed by atoms with E-state index in [1.807, 2.05) is 26.0 Å². The number of nitrogens with one attached hydrogen (secondary N) is 1. The van der Waals surface area contributed by atoms with E-state index in [0.717, 1.165) is 22.4 Å². The van der Waals surface area contributed by atoms with Gasteiger partial charge < -0.3 is 15.2 Å². The van der Waals surface area contributed by atoms with E-state index in [2.05, 4.69) is 10.3 Å². The molecule has 1 amide bonds. The van der Waals surface area contributed by atoms with Gasteiger partial charge in [0.2, 0.25) is 0 Å². The van der Waals surface area contributed by atoms with Gasteiger partial charge in [0, 0.05) is 30.1 Å². The van der Waals surface area contributed by atoms with Crippen LogP contribution in [0.4, 0.5) is 0 Å². The van der Waals surface area contributed by atoms with Crippen LogP contribution in [0, 0.1) is 13.8 Å². The molecule has 0 bridgehead atoms. The summed E-state index contributed by atoms with van der Waals surface area (Å²) >= 11 is 0. The molecule has 0 fully saturated rings. The van der Waals surface area contributed by atoms with Crippen molar-refractivity contribution in [2.75, 3.05) is 13.2 Å². The molecule has 2 N–H and O–H groups in total. The Balaban J connectivity index is 2.11. The van der Waals surface area contributed by atoms with Crippen molar-refractivity contribution >= 4 is 5.91 Å². The zero-order valence-electron chi connectivity index (χ0n) is 12.8. The number of carbonyl (C=O) groups is 1. The average molecular weight is 300 g/mol. The molecule has 2 rings (SSSR count). The lowest BCUT2D eigenvalue weighted by Gasteiger charge is -2.14. The van der Waals surface area contributed by atoms with Crippen LogP contribution >= 0.6 is 0 Å². The molecule has 0 aliphatic carbocycles. The second-order valence-corrected chi connectivity index (χ2v) is 5.07. The fourth-order valence-electron chi connectivity index (χ4n) is 2.22. The number of nitrogens with zero attached hydrogens (tertiary/aromatic N) is 1. The number of aliphatic hydroxyl groups is 1. The highest BCUT2D eigenvalue weighted by Crippen LogP contribution is 2.25. The predicted molar refractivity (Wildman–Crippen MR) is 83.9 cm³/mol. The fourth-order valence-corrected chi connectivity index (χ4v) is 2.22. The third kappa shape index (κ3) is 4.05. The van der Waals surface area contributed by atoms with E-state index in [-0.39, 0.29) is 19.1 Å². The standard InChI is InChI=1S/C17H20N2O3/c1-12-8-15(17(21)19-6-7-20)9-13(2)16(12)22-11-14-4-3-5-18-10-14/h3-5,8-10,20H,6-7,11H2,1-2H3,(H,19,21). The van der Waals surface area contributed by atoms with Crippen LogP contribution < -0.4 is 10.1 Å². The van der Waals surface area contributed by atoms with Crippen molar-refractivity contribution in [2.45, 2.75) is 20.5 Å². The van der Waals surface area contributed by atoms with Gasteiger partial charge in [0.25, 0.3) is 5.91 Å². The van der Waals surface area contributed by atoms with Gasteiger partial charge in [-0.15, -0.1) is 0 Å². The van der Waals surface area contributed by atoms with Crippen molar-refractivity contribution in [3.8, 4) is 5.75 Å². The number of aryl methyl sites for hydroxylation is 2. The third-order valence-electron chi connectivity index (χ3n) is 3.23. The molecule has 0 saturated heterocycles. The van der Waals surface area contributed by atoms with Crippen molar-refractivity contribution in [1.82, 2.24) is 10.3 Å². The Bertz CT molecular complexity index is 619. The SMILES string of the molecule is Cc1cc(C(=O)NCCO)cc(C)c1OCc1cccnc1. The monoisotopic (exact) mass is 300 g/mol. The van der Waals surface area contributed by atoms with Gasteiger partial charge >= 0.3 is 0 Å². The Hall–Kier alpha value is -2.40. The van der Waals surface area contributed by atoms with E-state index in [9.17, 15) is 4.79 Å². The highest BCUT2D eigenvalue weighted by Gasteiger charge is 2.11. The zero-order valence-corrected chi connectivity index (χ0v) is 12.8. The Morgan fingerprint density at radius 2 is 2.05 bits per heavy atom. The Morgan fingerprint density at radius 1 is 1.32 bits per heavy atom. The zero-order chi connectivity index (χ0) is 15.9. The summed E-state index contributed by atoms with van der Waals surface area (Å²) in [7, 11) is 0. The number of aliphatic hydroxyl groups excluding tert-OH is 1. The number of pyridine rings is 1. The highest BCUT2D eigenvalue weighted by molar-refractivity contribution is 5.94. The van der Waals surface area contributed by atoms with Crippen molar-refractivity contribution in [3.63, 3.8) is 0 Å². The molecule has 0 aliphatic rings. The van der Waals surface area contributed by atoms with E-state index in [4.69, 9.17) is 9.84 Å². The maximum Gasteiger partial charge on any atom is 0.251 e. The first-order valence-electron chi connectivity index (χ1n) is 7.14. The molecule has 0 spiro atoms. The Kier molecular flexibility index (Phi) is 5.49. The third-order valence-corrected chi connectivity index (χ3v) is 3.23. The molecule has 0 atom stereocenters. The second-order valence-electron chi connectivity index (χ2n) is 5.07. The van der Waals surface area contributed by atoms with Crippen LogP contribution in [-0.4, -0.2) is 29.1 Å². The summed E-state index contributed by atoms with van der Waals surface area (Å²) in [5, 5.41) is 11.4. The molecular weight excluding hydrogens is 280 g/mol. The number of ether oxygens (including phenoxy) is 1. The van der Waals surface area contributed by atoms with Crippen molar-refractivity contribution in [2.24, 2.45) is 0 Å². The molecule has 1 aromatic carbocycles. The smallest absolute Gasteiger partial charge is 0.251 e. The topological polar surface area (TPSA) is 71.5 Å². The Labute approximate surface area is 130 Å². The lowest BCUT2D eigenvalue weighted by atomic mass is 10.0. The van der Waals surface area contributed by atoms with Gasteiger partial charge in [0.15, 0.2) is 0 Å². The van der Waals surface area contributed by atoms with Crippen LogP contribution in [0.25, 0.3) is 0 Å². The van der Waals surface area contributed by atoms with E-state index >= 15 is 0 Å². The quantitative estimate of drug-likeness (QED) is 0.856. The molecule has 1 heterocycles. The van der Waals surface area contributed by atoms with Gasteiger partial charge in [-0.05, 0) is 43.2 Å². The summed E-state index contributed by atoms with van der Waals surface area (Å²) < 4.78 is 5.86. The summed E-state index contributed by atoms with van der Waals surface area (Å²) in [6, 6.07) is 7.40. The first kappa shape index (κ1) is 16.0. The normalized spacial score (nSPS) is 10.3. The number of amides is 1. The van der Waals surface area contributed by atoms with Gasteiger partial charge in [0.1, 0.15) is 12.4 Å². The van der Waals surface area contributed by atoms with Crippen LogP contribution in [0.3, 0.4) is 0 Å². The van der Waals surface area contributed by atoms with Gasteiger partial charge in [-0.25, -0.2) is 0 Å². The summed E-state index contributed by atoms with van der Waals surface area (Å²) in [6.45, 7) is 4.43. The van der Waals surface area contributed by atoms with E-state index in [1.54, 1.807) is 24.5 Å². The first-order chi connectivity index (χ1) is 10.6. The van der Waals surface area contributed by atoms with E-state index < -0.39 is 0 Å². The molecule has 5 heteroatoms. The van der Waals surface area contributed by atoms with Gasteiger partial charge in [-0.3, -0.25) is 9.78 Å². The molecular formula is C17H20N2O3. The van der Waals surface area contributed by atoms with Crippen LogP contribution in [0.2, 0.25) is 0 Å². The van der Waals surface area contributed by atoms with Crippen molar-refractivity contribution in [1.29, 1.82) is 0 Å². The van der Waals surface area contributed by atoms with Crippen molar-refractivity contribution < 1.29 is 14.6 Å². The molecule has 0 saturated carbocycles. The predicted octanol–water partition coefficient (Wildman–Crippen LogP) is 2.00. The van der Waals surface area contributed by atoms with E-state index in [1.165, 1.54) is 0 Å². The van der Waals surface area contributed by atoms with Crippen LogP contribution in [0.1, 0.15) is 27.0 Å². The molecule has 22 heavy (non-hydrogen) atoms. The van der Waals surface area contributed by atoms with Gasteiger partial charge in [0.05, 0.1) is 6.61 Å². The molecule has 1 aromatic heterocycles. The number of hydrogen-bond donors (Lipinski definition) is 2. The highest BCUT2D eigenvalue weighted by atomic mass is 16.5. The van der Waals surface area contributed by atoms with Gasteiger partial charge in [-0.1, -0.05) is 6.07 Å². The minimum absolute atomic E-state index is 0.0734. The number of hydrogen-bond acceptors (Lipinski definition) is 4. The maximum absolute atomic E-state index is 11.9. The minimum Gasteiger partial charge on any atom is -0.488 e. The summed E-state index contributed by atoms with van der Waals surface area (Å²) in [5.74, 6) is 0.585. The van der Waals surface area contributed by atoms with Crippen LogP contribution in [-0.2, 0) is 6.61 Å². The molecule has 0 unspecified atom stereocenters. The van der Waals surface area contributed by atoms with E-state index in [0.29, 0.717) is 12.2 Å². The van der Waals surface area contributed by atoms with Crippen LogP contribution in [0.15, 0.2) is 36.7 Å². The second kappa shape index (κ2) is 7.56. The Morgan fingerprint density at radius 3 is 2.64 bits per heavy atom. The number of aromatic nitrogens is 1. The first-order valence-corrected chi connectivity index (χ1v) is 7.14. The largest absolute Gasteiger partial charge is 0.488 e. The maximum atomic E-state index is 11.9.